The lowest BCUT2D eigenvalue weighted by atomic mass is 10.1. The largest absolute Gasteiger partial charge is 0.496 e. The molecule has 0 spiro atoms. The number of thiophene rings is 1. The van der Waals surface area contributed by atoms with E-state index in [9.17, 15) is 4.79 Å². The number of hydrogen-bond donors (Lipinski definition) is 0. The van der Waals surface area contributed by atoms with Gasteiger partial charge in [-0.1, -0.05) is 35.5 Å². The van der Waals surface area contributed by atoms with E-state index in [-0.39, 0.29) is 5.91 Å². The van der Waals surface area contributed by atoms with E-state index in [1.54, 1.807) is 18.4 Å². The summed E-state index contributed by atoms with van der Waals surface area (Å²) in [6, 6.07) is 17.8. The molecule has 2 aromatic heterocycles. The van der Waals surface area contributed by atoms with Gasteiger partial charge in [-0.05, 0) is 42.1 Å². The van der Waals surface area contributed by atoms with Crippen LogP contribution < -0.4 is 4.74 Å². The SMILES string of the molecule is COc1cccc(C(=O)N2CCN(Cc3cccc(-c4noc(-c5cccs5)n4)c3)CC2)c1C. The van der Waals surface area contributed by atoms with Gasteiger partial charge in [-0.25, -0.2) is 0 Å². The van der Waals surface area contributed by atoms with Crippen molar-refractivity contribution in [3.05, 3.63) is 76.7 Å². The Hall–Kier alpha value is -3.49. The number of methoxy groups -OCH3 is 1. The third-order valence-electron chi connectivity index (χ3n) is 6.14. The van der Waals surface area contributed by atoms with E-state index in [0.29, 0.717) is 30.4 Å². The third-order valence-corrected chi connectivity index (χ3v) is 7.00. The number of piperazine rings is 1. The van der Waals surface area contributed by atoms with Gasteiger partial charge >= 0.3 is 0 Å². The molecule has 3 heterocycles. The lowest BCUT2D eigenvalue weighted by molar-refractivity contribution is 0.0627. The molecule has 0 radical (unpaired) electrons. The molecule has 1 fully saturated rings. The molecule has 2 aromatic carbocycles. The van der Waals surface area contributed by atoms with Crippen LogP contribution in [0.3, 0.4) is 0 Å². The number of carbonyl (C=O) groups is 1. The minimum Gasteiger partial charge on any atom is -0.496 e. The van der Waals surface area contributed by atoms with Crippen LogP contribution in [0.5, 0.6) is 5.75 Å². The molecule has 8 heteroatoms. The van der Waals surface area contributed by atoms with Crippen molar-refractivity contribution in [3.63, 3.8) is 0 Å². The average Bonchev–Trinajstić information content (AvgIpc) is 3.57. The van der Waals surface area contributed by atoms with Crippen molar-refractivity contribution in [1.82, 2.24) is 19.9 Å². The number of rotatable bonds is 6. The van der Waals surface area contributed by atoms with E-state index in [4.69, 9.17) is 9.26 Å². The van der Waals surface area contributed by atoms with E-state index >= 15 is 0 Å². The maximum absolute atomic E-state index is 13.1. The van der Waals surface area contributed by atoms with Gasteiger partial charge in [0.05, 0.1) is 12.0 Å². The quantitative estimate of drug-likeness (QED) is 0.402. The molecule has 174 valence electrons. The molecule has 0 aliphatic carbocycles. The Kier molecular flexibility index (Phi) is 6.42. The van der Waals surface area contributed by atoms with Gasteiger partial charge in [-0.2, -0.15) is 4.98 Å². The van der Waals surface area contributed by atoms with Gasteiger partial charge in [0.15, 0.2) is 0 Å². The summed E-state index contributed by atoms with van der Waals surface area (Å²) in [5.41, 5.74) is 3.72. The highest BCUT2D eigenvalue weighted by Gasteiger charge is 2.24. The Balaban J connectivity index is 1.21. The smallest absolute Gasteiger partial charge is 0.268 e. The molecule has 0 saturated carbocycles. The Morgan fingerprint density at radius 2 is 1.91 bits per heavy atom. The fraction of sp³-hybridized carbons (Fsp3) is 0.269. The molecule has 1 aliphatic rings. The maximum atomic E-state index is 13.1. The first-order valence-electron chi connectivity index (χ1n) is 11.2. The van der Waals surface area contributed by atoms with Crippen molar-refractivity contribution in [2.45, 2.75) is 13.5 Å². The summed E-state index contributed by atoms with van der Waals surface area (Å²) in [6.07, 6.45) is 0. The Bertz CT molecular complexity index is 1280. The standard InChI is InChI=1S/C26H26N4O3S/c1-18-21(8-4-9-22(18)32-2)26(31)30-13-11-29(12-14-30)17-19-6-3-7-20(16-19)24-27-25(33-28-24)23-10-5-15-34-23/h3-10,15-16H,11-14,17H2,1-2H3. The highest BCUT2D eigenvalue weighted by atomic mass is 32.1. The van der Waals surface area contributed by atoms with Crippen molar-refractivity contribution >= 4 is 17.2 Å². The summed E-state index contributed by atoms with van der Waals surface area (Å²) in [7, 11) is 1.63. The zero-order valence-electron chi connectivity index (χ0n) is 19.2. The van der Waals surface area contributed by atoms with Crippen molar-refractivity contribution in [3.8, 4) is 27.9 Å². The average molecular weight is 475 g/mol. The van der Waals surface area contributed by atoms with Gasteiger partial charge < -0.3 is 14.2 Å². The first kappa shape index (κ1) is 22.3. The summed E-state index contributed by atoms with van der Waals surface area (Å²) in [5, 5.41) is 6.15. The number of amides is 1. The normalized spacial score (nSPS) is 14.4. The fourth-order valence-corrected chi connectivity index (χ4v) is 4.90. The molecule has 7 nitrogen and oxygen atoms in total. The second-order valence-corrected chi connectivity index (χ2v) is 9.25. The summed E-state index contributed by atoms with van der Waals surface area (Å²) in [4.78, 5) is 22.9. The van der Waals surface area contributed by atoms with Gasteiger partial charge in [0, 0.05) is 49.4 Å². The van der Waals surface area contributed by atoms with Gasteiger partial charge in [0.2, 0.25) is 5.82 Å². The highest BCUT2D eigenvalue weighted by molar-refractivity contribution is 7.13. The first-order valence-corrected chi connectivity index (χ1v) is 12.1. The molecule has 0 bridgehead atoms. The van der Waals surface area contributed by atoms with E-state index in [1.807, 2.05) is 59.7 Å². The Morgan fingerprint density at radius 3 is 2.68 bits per heavy atom. The second-order valence-electron chi connectivity index (χ2n) is 8.30. The predicted molar refractivity (Wildman–Crippen MR) is 132 cm³/mol. The van der Waals surface area contributed by atoms with E-state index in [1.165, 1.54) is 5.56 Å². The minimum atomic E-state index is 0.0664. The van der Waals surface area contributed by atoms with Crippen molar-refractivity contribution < 1.29 is 14.1 Å². The van der Waals surface area contributed by atoms with Crippen molar-refractivity contribution in [2.24, 2.45) is 0 Å². The molecule has 1 amide bonds. The molecular weight excluding hydrogens is 448 g/mol. The van der Waals surface area contributed by atoms with Crippen LogP contribution in [0, 0.1) is 6.92 Å². The Labute approximate surface area is 202 Å². The monoisotopic (exact) mass is 474 g/mol. The van der Waals surface area contributed by atoms with E-state index in [2.05, 4.69) is 27.2 Å². The molecule has 5 rings (SSSR count). The van der Waals surface area contributed by atoms with Crippen LogP contribution in [0.4, 0.5) is 0 Å². The zero-order valence-corrected chi connectivity index (χ0v) is 20.0. The predicted octanol–water partition coefficient (Wildman–Crippen LogP) is 4.74. The summed E-state index contributed by atoms with van der Waals surface area (Å²) in [5.74, 6) is 1.95. The number of carbonyl (C=O) groups excluding carboxylic acids is 1. The summed E-state index contributed by atoms with van der Waals surface area (Å²) < 4.78 is 10.8. The summed E-state index contributed by atoms with van der Waals surface area (Å²) >= 11 is 1.58. The molecule has 1 saturated heterocycles. The number of benzene rings is 2. The number of nitrogens with zero attached hydrogens (tertiary/aromatic N) is 4. The van der Waals surface area contributed by atoms with Crippen LogP contribution >= 0.6 is 11.3 Å². The Morgan fingerprint density at radius 1 is 1.09 bits per heavy atom. The molecule has 0 N–H and O–H groups in total. The molecule has 34 heavy (non-hydrogen) atoms. The highest BCUT2D eigenvalue weighted by Crippen LogP contribution is 2.27. The second kappa shape index (κ2) is 9.79. The number of aromatic nitrogens is 2. The molecule has 0 atom stereocenters. The van der Waals surface area contributed by atoms with E-state index in [0.717, 1.165) is 41.4 Å². The lowest BCUT2D eigenvalue weighted by Gasteiger charge is -2.35. The summed E-state index contributed by atoms with van der Waals surface area (Å²) in [6.45, 7) is 5.79. The van der Waals surface area contributed by atoms with Crippen LogP contribution in [-0.2, 0) is 6.54 Å². The van der Waals surface area contributed by atoms with Gasteiger partial charge in [-0.3, -0.25) is 9.69 Å². The van der Waals surface area contributed by atoms with Gasteiger partial charge in [0.1, 0.15) is 5.75 Å². The molecule has 1 aliphatic heterocycles. The van der Waals surface area contributed by atoms with Crippen molar-refractivity contribution in [2.75, 3.05) is 33.3 Å². The van der Waals surface area contributed by atoms with Gasteiger partial charge in [-0.15, -0.1) is 11.3 Å². The minimum absolute atomic E-state index is 0.0664. The fourth-order valence-electron chi connectivity index (χ4n) is 4.25. The van der Waals surface area contributed by atoms with Crippen LogP contribution in [0.1, 0.15) is 21.5 Å². The molecule has 4 aromatic rings. The van der Waals surface area contributed by atoms with Crippen LogP contribution in [0.2, 0.25) is 0 Å². The van der Waals surface area contributed by atoms with Crippen molar-refractivity contribution in [1.29, 1.82) is 0 Å². The molecular formula is C26H26N4O3S. The number of hydrogen-bond acceptors (Lipinski definition) is 7. The van der Waals surface area contributed by atoms with Crippen LogP contribution in [0.25, 0.3) is 22.2 Å². The topological polar surface area (TPSA) is 71.7 Å². The lowest BCUT2D eigenvalue weighted by Crippen LogP contribution is -2.48. The zero-order chi connectivity index (χ0) is 23.5. The number of ether oxygens (including phenoxy) is 1. The maximum Gasteiger partial charge on any atom is 0.268 e. The first-order chi connectivity index (χ1) is 16.6. The van der Waals surface area contributed by atoms with Gasteiger partial charge in [0.25, 0.3) is 11.8 Å². The van der Waals surface area contributed by atoms with Crippen LogP contribution in [-0.4, -0.2) is 59.1 Å². The van der Waals surface area contributed by atoms with E-state index < -0.39 is 0 Å². The van der Waals surface area contributed by atoms with Crippen LogP contribution in [0.15, 0.2) is 64.5 Å². The molecule has 0 unspecified atom stereocenters. The third kappa shape index (κ3) is 4.60.